The summed E-state index contributed by atoms with van der Waals surface area (Å²) in [5.74, 6) is 1.34. The third-order valence-electron chi connectivity index (χ3n) is 2.81. The molecular formula is C15H17NO3. The summed E-state index contributed by atoms with van der Waals surface area (Å²) in [6.07, 6.45) is 0. The number of nitrogens with two attached hydrogens (primary N) is 1. The lowest BCUT2D eigenvalue weighted by Crippen LogP contribution is -1.98. The molecule has 0 aromatic heterocycles. The molecule has 4 heteroatoms. The van der Waals surface area contributed by atoms with Gasteiger partial charge in [-0.3, -0.25) is 0 Å². The van der Waals surface area contributed by atoms with Crippen LogP contribution >= 0.6 is 0 Å². The first-order chi connectivity index (χ1) is 9.22. The minimum Gasteiger partial charge on any atom is -0.495 e. The highest BCUT2D eigenvalue weighted by atomic mass is 16.5. The average Bonchev–Trinajstić information content (AvgIpc) is 2.46. The highest BCUT2D eigenvalue weighted by Crippen LogP contribution is 2.26. The summed E-state index contributed by atoms with van der Waals surface area (Å²) in [4.78, 5) is 0. The molecule has 100 valence electrons. The first-order valence-electron chi connectivity index (χ1n) is 5.98. The van der Waals surface area contributed by atoms with Crippen molar-refractivity contribution in [2.45, 2.75) is 13.2 Å². The Bertz CT molecular complexity index is 538. The predicted octanol–water partition coefficient (Wildman–Crippen LogP) is 2.35. The van der Waals surface area contributed by atoms with Crippen molar-refractivity contribution in [1.29, 1.82) is 0 Å². The zero-order valence-electron chi connectivity index (χ0n) is 10.8. The number of aliphatic hydroxyl groups excluding tert-OH is 1. The first kappa shape index (κ1) is 13.2. The minimum atomic E-state index is 0.0517. The molecule has 2 rings (SSSR count). The van der Waals surface area contributed by atoms with Crippen LogP contribution < -0.4 is 15.2 Å². The summed E-state index contributed by atoms with van der Waals surface area (Å²) in [5.41, 5.74) is 8.28. The van der Waals surface area contributed by atoms with Crippen molar-refractivity contribution in [2.24, 2.45) is 0 Å². The van der Waals surface area contributed by atoms with Crippen molar-refractivity contribution in [3.8, 4) is 11.5 Å². The van der Waals surface area contributed by atoms with E-state index in [0.717, 1.165) is 11.1 Å². The molecule has 19 heavy (non-hydrogen) atoms. The molecule has 0 aliphatic carbocycles. The maximum absolute atomic E-state index is 8.96. The van der Waals surface area contributed by atoms with Crippen LogP contribution in [0.2, 0.25) is 0 Å². The SMILES string of the molecule is COc1ccc(OCc2ccc(CO)cc2)cc1N. The molecule has 0 radical (unpaired) electrons. The monoisotopic (exact) mass is 259 g/mol. The molecule has 0 spiro atoms. The lowest BCUT2D eigenvalue weighted by molar-refractivity contribution is 0.281. The van der Waals surface area contributed by atoms with Gasteiger partial charge in [0.2, 0.25) is 0 Å². The summed E-state index contributed by atoms with van der Waals surface area (Å²) >= 11 is 0. The second-order valence-electron chi connectivity index (χ2n) is 4.17. The van der Waals surface area contributed by atoms with E-state index in [1.54, 1.807) is 19.2 Å². The van der Waals surface area contributed by atoms with Crippen LogP contribution in [-0.4, -0.2) is 12.2 Å². The van der Waals surface area contributed by atoms with E-state index in [-0.39, 0.29) is 6.61 Å². The van der Waals surface area contributed by atoms with Gasteiger partial charge in [-0.1, -0.05) is 24.3 Å². The topological polar surface area (TPSA) is 64.7 Å². The van der Waals surface area contributed by atoms with Crippen molar-refractivity contribution >= 4 is 5.69 Å². The number of rotatable bonds is 5. The fourth-order valence-electron chi connectivity index (χ4n) is 1.71. The number of anilines is 1. The van der Waals surface area contributed by atoms with Crippen LogP contribution in [0.3, 0.4) is 0 Å². The van der Waals surface area contributed by atoms with Crippen LogP contribution in [0, 0.1) is 0 Å². The molecule has 4 nitrogen and oxygen atoms in total. The van der Waals surface area contributed by atoms with E-state index in [4.69, 9.17) is 20.3 Å². The molecule has 2 aromatic carbocycles. The van der Waals surface area contributed by atoms with Gasteiger partial charge >= 0.3 is 0 Å². The van der Waals surface area contributed by atoms with Crippen LogP contribution in [0.4, 0.5) is 5.69 Å². The average molecular weight is 259 g/mol. The largest absolute Gasteiger partial charge is 0.495 e. The number of hydrogen-bond acceptors (Lipinski definition) is 4. The van der Waals surface area contributed by atoms with Crippen LogP contribution in [0.5, 0.6) is 11.5 Å². The number of aliphatic hydroxyl groups is 1. The molecule has 0 aliphatic rings. The van der Waals surface area contributed by atoms with Crippen LogP contribution in [0.15, 0.2) is 42.5 Å². The Morgan fingerprint density at radius 3 is 2.32 bits per heavy atom. The van der Waals surface area contributed by atoms with E-state index in [9.17, 15) is 0 Å². The van der Waals surface area contributed by atoms with Gasteiger partial charge in [0.05, 0.1) is 19.4 Å². The highest BCUT2D eigenvalue weighted by Gasteiger charge is 2.02. The Labute approximate surface area is 112 Å². The Hall–Kier alpha value is -2.20. The van der Waals surface area contributed by atoms with Gasteiger partial charge in [-0.25, -0.2) is 0 Å². The molecule has 0 amide bonds. The lowest BCUT2D eigenvalue weighted by Gasteiger charge is -2.09. The van der Waals surface area contributed by atoms with E-state index >= 15 is 0 Å². The molecule has 0 unspecified atom stereocenters. The summed E-state index contributed by atoms with van der Waals surface area (Å²) in [6.45, 7) is 0.508. The van der Waals surface area contributed by atoms with Crippen molar-refractivity contribution in [1.82, 2.24) is 0 Å². The summed E-state index contributed by atoms with van der Waals surface area (Å²) < 4.78 is 10.7. The van der Waals surface area contributed by atoms with Gasteiger partial charge in [0.1, 0.15) is 18.1 Å². The Morgan fingerprint density at radius 1 is 1.05 bits per heavy atom. The van der Waals surface area contributed by atoms with Crippen LogP contribution in [0.1, 0.15) is 11.1 Å². The molecular weight excluding hydrogens is 242 g/mol. The smallest absolute Gasteiger partial charge is 0.142 e. The second-order valence-corrected chi connectivity index (χ2v) is 4.17. The first-order valence-corrected chi connectivity index (χ1v) is 5.98. The fraction of sp³-hybridized carbons (Fsp3) is 0.200. The number of benzene rings is 2. The van der Waals surface area contributed by atoms with Crippen LogP contribution in [0.25, 0.3) is 0 Å². The van der Waals surface area contributed by atoms with E-state index in [1.165, 1.54) is 0 Å². The van der Waals surface area contributed by atoms with Gasteiger partial charge in [-0.05, 0) is 23.3 Å². The lowest BCUT2D eigenvalue weighted by atomic mass is 10.1. The van der Waals surface area contributed by atoms with Crippen LogP contribution in [-0.2, 0) is 13.2 Å². The van der Waals surface area contributed by atoms with Crippen molar-refractivity contribution in [3.63, 3.8) is 0 Å². The Morgan fingerprint density at radius 2 is 1.74 bits per heavy atom. The standard InChI is InChI=1S/C15H17NO3/c1-18-15-7-6-13(8-14(15)16)19-10-12-4-2-11(9-17)3-5-12/h2-8,17H,9-10,16H2,1H3. The molecule has 0 saturated heterocycles. The van der Waals surface area contributed by atoms with E-state index < -0.39 is 0 Å². The Kier molecular flexibility index (Phi) is 4.26. The Balaban J connectivity index is 1.99. The summed E-state index contributed by atoms with van der Waals surface area (Å²) in [6, 6.07) is 12.9. The van der Waals surface area contributed by atoms with Gasteiger partial charge in [-0.15, -0.1) is 0 Å². The van der Waals surface area contributed by atoms with Crippen molar-refractivity contribution in [2.75, 3.05) is 12.8 Å². The van der Waals surface area contributed by atoms with Gasteiger partial charge in [0.25, 0.3) is 0 Å². The summed E-state index contributed by atoms with van der Waals surface area (Å²) in [5, 5.41) is 8.96. The van der Waals surface area contributed by atoms with E-state index in [0.29, 0.717) is 23.8 Å². The van der Waals surface area contributed by atoms with Crippen molar-refractivity contribution in [3.05, 3.63) is 53.6 Å². The number of hydrogen-bond donors (Lipinski definition) is 2. The van der Waals surface area contributed by atoms with Crippen molar-refractivity contribution < 1.29 is 14.6 Å². The fourth-order valence-corrected chi connectivity index (χ4v) is 1.71. The van der Waals surface area contributed by atoms with Gasteiger partial charge in [0, 0.05) is 6.07 Å². The molecule has 0 heterocycles. The minimum absolute atomic E-state index is 0.0517. The van der Waals surface area contributed by atoms with Gasteiger partial charge in [0.15, 0.2) is 0 Å². The van der Waals surface area contributed by atoms with Gasteiger partial charge < -0.3 is 20.3 Å². The molecule has 0 fully saturated rings. The molecule has 0 aliphatic heterocycles. The second kappa shape index (κ2) is 6.11. The zero-order valence-corrected chi connectivity index (χ0v) is 10.8. The normalized spacial score (nSPS) is 10.2. The predicted molar refractivity (Wildman–Crippen MR) is 74.1 cm³/mol. The van der Waals surface area contributed by atoms with E-state index in [2.05, 4.69) is 0 Å². The maximum atomic E-state index is 8.96. The third kappa shape index (κ3) is 3.39. The zero-order chi connectivity index (χ0) is 13.7. The number of ether oxygens (including phenoxy) is 2. The number of nitrogen functional groups attached to an aromatic ring is 1. The quantitative estimate of drug-likeness (QED) is 0.809. The van der Waals surface area contributed by atoms with Gasteiger partial charge in [-0.2, -0.15) is 0 Å². The molecule has 0 saturated carbocycles. The highest BCUT2D eigenvalue weighted by molar-refractivity contribution is 5.56. The number of methoxy groups -OCH3 is 1. The molecule has 2 aromatic rings. The van der Waals surface area contributed by atoms with E-state index in [1.807, 2.05) is 30.3 Å². The third-order valence-corrected chi connectivity index (χ3v) is 2.81. The molecule has 3 N–H and O–H groups in total. The molecule has 0 atom stereocenters. The summed E-state index contributed by atoms with van der Waals surface area (Å²) in [7, 11) is 1.58. The maximum Gasteiger partial charge on any atom is 0.142 e. The molecule has 0 bridgehead atoms.